The first kappa shape index (κ1) is 21.3. The largest absolute Gasteiger partial charge is 0.465 e. The molecule has 0 saturated carbocycles. The summed E-state index contributed by atoms with van der Waals surface area (Å²) < 4.78 is 28.5. The summed E-state index contributed by atoms with van der Waals surface area (Å²) in [5.74, 6) is 0.242. The van der Waals surface area contributed by atoms with Crippen LogP contribution in [-0.4, -0.2) is 69.1 Å². The Kier molecular flexibility index (Phi) is 5.90. The van der Waals surface area contributed by atoms with Gasteiger partial charge < -0.3 is 9.64 Å². The molecule has 1 amide bonds. The van der Waals surface area contributed by atoms with Crippen LogP contribution in [0.1, 0.15) is 37.7 Å². The van der Waals surface area contributed by atoms with Crippen LogP contribution in [0.3, 0.4) is 0 Å². The van der Waals surface area contributed by atoms with E-state index >= 15 is 0 Å². The molecule has 3 heterocycles. The number of carbonyl (C=O) groups is 2. The molecule has 3 saturated heterocycles. The average Bonchev–Trinajstić information content (AvgIpc) is 3.10. The van der Waals surface area contributed by atoms with Crippen LogP contribution in [0, 0.1) is 11.3 Å². The summed E-state index contributed by atoms with van der Waals surface area (Å²) in [6, 6.07) is 7.19. The van der Waals surface area contributed by atoms with Crippen molar-refractivity contribution in [3.63, 3.8) is 0 Å². The molecule has 1 spiro atoms. The molecule has 3 aliphatic heterocycles. The van der Waals surface area contributed by atoms with Crippen LogP contribution in [0.5, 0.6) is 0 Å². The molecule has 3 aliphatic rings. The number of rotatable bonds is 6. The van der Waals surface area contributed by atoms with Crippen LogP contribution in [0.2, 0.25) is 0 Å². The number of hydrogen-bond acceptors (Lipinski definition) is 6. The van der Waals surface area contributed by atoms with Crippen molar-refractivity contribution in [1.29, 1.82) is 0 Å². The van der Waals surface area contributed by atoms with Crippen molar-refractivity contribution >= 4 is 21.7 Å². The van der Waals surface area contributed by atoms with Crippen LogP contribution in [-0.2, 0) is 30.7 Å². The molecule has 0 aromatic heterocycles. The molecule has 0 radical (unpaired) electrons. The van der Waals surface area contributed by atoms with Crippen LogP contribution in [0.15, 0.2) is 29.2 Å². The zero-order chi connectivity index (χ0) is 21.4. The monoisotopic (exact) mass is 434 g/mol. The third kappa shape index (κ3) is 4.86. The molecule has 0 bridgehead atoms. The fraction of sp³-hybridized carbons (Fsp3) is 0.636. The minimum Gasteiger partial charge on any atom is -0.465 e. The fourth-order valence-electron chi connectivity index (χ4n) is 4.81. The van der Waals surface area contributed by atoms with E-state index in [0.717, 1.165) is 57.5 Å². The molecule has 3 fully saturated rings. The van der Waals surface area contributed by atoms with Gasteiger partial charge in [0.2, 0.25) is 5.91 Å². The van der Waals surface area contributed by atoms with Crippen molar-refractivity contribution in [3.05, 3.63) is 29.8 Å². The molecular weight excluding hydrogens is 404 g/mol. The normalized spacial score (nSPS) is 24.0. The Morgan fingerprint density at radius 2 is 1.97 bits per heavy atom. The number of ether oxygens (including phenoxy) is 1. The van der Waals surface area contributed by atoms with Gasteiger partial charge in [0.15, 0.2) is 9.84 Å². The number of hydrogen-bond donors (Lipinski definition) is 0. The number of likely N-dealkylation sites (tertiary alicyclic amines) is 2. The molecule has 1 aromatic carbocycles. The number of sulfone groups is 1. The highest BCUT2D eigenvalue weighted by Crippen LogP contribution is 2.41. The number of nitrogens with zero attached hydrogens (tertiary/aromatic N) is 2. The van der Waals surface area contributed by atoms with E-state index in [1.165, 1.54) is 6.26 Å². The Labute approximate surface area is 178 Å². The lowest BCUT2D eigenvalue weighted by Gasteiger charge is -2.54. The summed E-state index contributed by atoms with van der Waals surface area (Å²) in [7, 11) is -3.19. The van der Waals surface area contributed by atoms with Crippen LogP contribution >= 0.6 is 0 Å². The maximum absolute atomic E-state index is 12.4. The molecule has 30 heavy (non-hydrogen) atoms. The molecular formula is C22H30N2O5S. The summed E-state index contributed by atoms with van der Waals surface area (Å²) in [4.78, 5) is 28.3. The van der Waals surface area contributed by atoms with E-state index in [2.05, 4.69) is 4.90 Å². The number of piperidine rings is 1. The molecule has 164 valence electrons. The third-order valence-electron chi connectivity index (χ3n) is 6.76. The molecule has 0 N–H and O–H groups in total. The standard InChI is InChI=1S/C22H30N2O5S/c1-30(27,28)19-4-2-3-17(11-19)13-23-9-7-22(8-10-23)15-24(16-22)20(25)6-5-18-12-21(26)29-14-18/h2-4,11,18H,5-10,12-16H2,1H3/t18-/m0/s1. The van der Waals surface area contributed by atoms with E-state index < -0.39 is 9.84 Å². The maximum atomic E-state index is 12.4. The smallest absolute Gasteiger partial charge is 0.306 e. The van der Waals surface area contributed by atoms with Gasteiger partial charge in [-0.1, -0.05) is 12.1 Å². The zero-order valence-electron chi connectivity index (χ0n) is 17.5. The average molecular weight is 435 g/mol. The van der Waals surface area contributed by atoms with Gasteiger partial charge in [0.25, 0.3) is 0 Å². The Hall–Kier alpha value is -1.93. The molecule has 1 atom stereocenters. The third-order valence-corrected chi connectivity index (χ3v) is 7.87. The number of cyclic esters (lactones) is 1. The SMILES string of the molecule is CS(=O)(=O)c1cccc(CN2CCC3(CC2)CN(C(=O)CC[C@@H]2COC(=O)C2)C3)c1. The van der Waals surface area contributed by atoms with Crippen LogP contribution in [0.4, 0.5) is 0 Å². The lowest BCUT2D eigenvalue weighted by Crippen LogP contribution is -2.61. The first-order valence-corrected chi connectivity index (χ1v) is 12.6. The number of esters is 1. The second-order valence-corrected chi connectivity index (χ2v) is 11.3. The first-order valence-electron chi connectivity index (χ1n) is 10.7. The van der Waals surface area contributed by atoms with Gasteiger partial charge in [-0.05, 0) is 50.0 Å². The molecule has 0 aliphatic carbocycles. The van der Waals surface area contributed by atoms with Crippen molar-refractivity contribution in [2.45, 2.75) is 43.5 Å². The highest BCUT2D eigenvalue weighted by molar-refractivity contribution is 7.90. The quantitative estimate of drug-likeness (QED) is 0.636. The van der Waals surface area contributed by atoms with E-state index in [1.54, 1.807) is 18.2 Å². The Morgan fingerprint density at radius 1 is 1.23 bits per heavy atom. The van der Waals surface area contributed by atoms with Crippen molar-refractivity contribution in [2.24, 2.45) is 11.3 Å². The number of amides is 1. The molecule has 4 rings (SSSR count). The minimum atomic E-state index is -3.19. The Morgan fingerprint density at radius 3 is 2.60 bits per heavy atom. The van der Waals surface area contributed by atoms with Crippen molar-refractivity contribution < 1.29 is 22.7 Å². The minimum absolute atomic E-state index is 0.148. The van der Waals surface area contributed by atoms with Gasteiger partial charge in [-0.3, -0.25) is 14.5 Å². The summed E-state index contributed by atoms with van der Waals surface area (Å²) in [5.41, 5.74) is 1.27. The van der Waals surface area contributed by atoms with E-state index in [1.807, 2.05) is 11.0 Å². The zero-order valence-corrected chi connectivity index (χ0v) is 18.3. The van der Waals surface area contributed by atoms with E-state index in [4.69, 9.17) is 4.74 Å². The highest BCUT2D eigenvalue weighted by Gasteiger charge is 2.46. The summed E-state index contributed by atoms with van der Waals surface area (Å²) >= 11 is 0. The first-order chi connectivity index (χ1) is 14.2. The van der Waals surface area contributed by atoms with Gasteiger partial charge in [0, 0.05) is 43.6 Å². The molecule has 8 heteroatoms. The highest BCUT2D eigenvalue weighted by atomic mass is 32.2. The number of carbonyl (C=O) groups excluding carboxylic acids is 2. The second kappa shape index (κ2) is 8.30. The van der Waals surface area contributed by atoms with Crippen molar-refractivity contribution in [3.8, 4) is 0 Å². The van der Waals surface area contributed by atoms with Crippen molar-refractivity contribution in [1.82, 2.24) is 9.80 Å². The summed E-state index contributed by atoms with van der Waals surface area (Å²) in [5, 5.41) is 0. The lowest BCUT2D eigenvalue weighted by molar-refractivity contribution is -0.147. The number of benzene rings is 1. The summed E-state index contributed by atoms with van der Waals surface area (Å²) in [6.07, 6.45) is 5.04. The molecule has 1 aromatic rings. The summed E-state index contributed by atoms with van der Waals surface area (Å²) in [6.45, 7) is 4.81. The predicted octanol–water partition coefficient (Wildman–Crippen LogP) is 1.86. The fourth-order valence-corrected chi connectivity index (χ4v) is 5.50. The van der Waals surface area contributed by atoms with Crippen molar-refractivity contribution in [2.75, 3.05) is 39.0 Å². The molecule has 0 unspecified atom stereocenters. The maximum Gasteiger partial charge on any atom is 0.306 e. The van der Waals surface area contributed by atoms with E-state index in [9.17, 15) is 18.0 Å². The van der Waals surface area contributed by atoms with Gasteiger partial charge in [0.05, 0.1) is 17.9 Å². The van der Waals surface area contributed by atoms with Gasteiger partial charge in [-0.25, -0.2) is 8.42 Å². The van der Waals surface area contributed by atoms with Gasteiger partial charge >= 0.3 is 5.97 Å². The molecule has 7 nitrogen and oxygen atoms in total. The second-order valence-electron chi connectivity index (χ2n) is 9.24. The lowest BCUT2D eigenvalue weighted by atomic mass is 9.71. The predicted molar refractivity (Wildman–Crippen MR) is 111 cm³/mol. The van der Waals surface area contributed by atoms with Gasteiger partial charge in [-0.15, -0.1) is 0 Å². The van der Waals surface area contributed by atoms with Crippen LogP contribution < -0.4 is 0 Å². The van der Waals surface area contributed by atoms with Gasteiger partial charge in [0.1, 0.15) is 0 Å². The van der Waals surface area contributed by atoms with E-state index in [0.29, 0.717) is 24.3 Å². The van der Waals surface area contributed by atoms with Crippen LogP contribution in [0.25, 0.3) is 0 Å². The Bertz CT molecular complexity index is 913. The van der Waals surface area contributed by atoms with E-state index in [-0.39, 0.29) is 23.2 Å². The Balaban J connectivity index is 1.21. The van der Waals surface area contributed by atoms with Gasteiger partial charge in [-0.2, -0.15) is 0 Å². The topological polar surface area (TPSA) is 84.0 Å².